The molecule has 1 aromatic carbocycles. The van der Waals surface area contributed by atoms with Crippen molar-refractivity contribution in [1.29, 1.82) is 0 Å². The lowest BCUT2D eigenvalue weighted by molar-refractivity contribution is 0.0757. The molecule has 0 bridgehead atoms. The molecule has 1 aliphatic rings. The zero-order valence-electron chi connectivity index (χ0n) is 16.1. The molecule has 1 aromatic heterocycles. The number of carbonyl (C=O) groups excluding carboxylic acids is 1. The van der Waals surface area contributed by atoms with Gasteiger partial charge in [-0.2, -0.15) is 0 Å². The first kappa shape index (κ1) is 19.9. The number of hydrogen-bond donors (Lipinski definition) is 1. The van der Waals surface area contributed by atoms with E-state index in [1.165, 1.54) is 0 Å². The van der Waals surface area contributed by atoms with Crippen molar-refractivity contribution in [2.24, 2.45) is 0 Å². The molecule has 146 valence electrons. The Morgan fingerprint density at radius 1 is 1.26 bits per heavy atom. The van der Waals surface area contributed by atoms with Crippen molar-refractivity contribution in [2.45, 2.75) is 26.4 Å². The maximum atomic E-state index is 12.6. The fourth-order valence-corrected chi connectivity index (χ4v) is 4.15. The van der Waals surface area contributed by atoms with Crippen LogP contribution >= 0.6 is 11.3 Å². The molecule has 1 saturated heterocycles. The summed E-state index contributed by atoms with van der Waals surface area (Å²) in [5.41, 5.74) is 2.26. The van der Waals surface area contributed by atoms with Crippen molar-refractivity contribution in [3.05, 3.63) is 41.3 Å². The van der Waals surface area contributed by atoms with Gasteiger partial charge in [-0.1, -0.05) is 30.3 Å². The molecule has 1 N–H and O–H groups in total. The second kappa shape index (κ2) is 9.88. The molecule has 1 aliphatic heterocycles. The van der Waals surface area contributed by atoms with Gasteiger partial charge < -0.3 is 19.7 Å². The molecule has 3 rings (SSSR count). The summed E-state index contributed by atoms with van der Waals surface area (Å²) in [6.45, 7) is 8.48. The van der Waals surface area contributed by atoms with E-state index in [0.717, 1.165) is 53.7 Å². The third-order valence-corrected chi connectivity index (χ3v) is 5.57. The maximum absolute atomic E-state index is 12.6. The van der Waals surface area contributed by atoms with Crippen LogP contribution in [-0.4, -0.2) is 51.5 Å². The summed E-state index contributed by atoms with van der Waals surface area (Å²) in [5, 5.41) is 4.17. The number of anilines is 1. The number of nitrogens with zero attached hydrogens (tertiary/aromatic N) is 1. The van der Waals surface area contributed by atoms with E-state index in [9.17, 15) is 4.79 Å². The van der Waals surface area contributed by atoms with Crippen LogP contribution in [0.1, 0.15) is 29.9 Å². The molecular weight excluding hydrogens is 360 g/mol. The quantitative estimate of drug-likeness (QED) is 0.699. The molecule has 0 spiro atoms. The van der Waals surface area contributed by atoms with Gasteiger partial charge in [-0.05, 0) is 31.9 Å². The molecule has 27 heavy (non-hydrogen) atoms. The van der Waals surface area contributed by atoms with Gasteiger partial charge >= 0.3 is 0 Å². The molecule has 1 fully saturated rings. The highest BCUT2D eigenvalue weighted by atomic mass is 32.1. The average molecular weight is 389 g/mol. The first-order chi connectivity index (χ1) is 13.1. The van der Waals surface area contributed by atoms with Crippen LogP contribution in [0.3, 0.4) is 0 Å². The number of rotatable bonds is 8. The van der Waals surface area contributed by atoms with Crippen LogP contribution in [0, 0.1) is 0 Å². The van der Waals surface area contributed by atoms with Crippen molar-refractivity contribution in [3.63, 3.8) is 0 Å². The van der Waals surface area contributed by atoms with Crippen LogP contribution in [0.2, 0.25) is 0 Å². The Morgan fingerprint density at radius 3 is 2.70 bits per heavy atom. The van der Waals surface area contributed by atoms with Gasteiger partial charge in [-0.15, -0.1) is 11.3 Å². The second-order valence-corrected chi connectivity index (χ2v) is 7.85. The normalized spacial score (nSPS) is 14.6. The monoisotopic (exact) mass is 388 g/mol. The van der Waals surface area contributed by atoms with Gasteiger partial charge in [0.05, 0.1) is 29.2 Å². The molecule has 0 aliphatic carbocycles. The van der Waals surface area contributed by atoms with E-state index in [1.807, 2.05) is 38.1 Å². The fraction of sp³-hybridized carbons (Fsp3) is 0.476. The lowest BCUT2D eigenvalue weighted by Gasteiger charge is -2.28. The standard InChI is InChI=1S/C21H28N2O3S/c1-16(2)26-12-6-9-22-20(24)19-15-18(17-7-4-3-5-8-17)21(27-19)23-10-13-25-14-11-23/h3-5,7-8,15-16H,6,9-14H2,1-2H3,(H,22,24). The molecule has 6 heteroatoms. The number of amides is 1. The fourth-order valence-electron chi connectivity index (χ4n) is 3.00. The van der Waals surface area contributed by atoms with Crippen molar-refractivity contribution in [2.75, 3.05) is 44.4 Å². The number of hydrogen-bond acceptors (Lipinski definition) is 5. The second-order valence-electron chi connectivity index (χ2n) is 6.82. The van der Waals surface area contributed by atoms with Crippen LogP contribution in [-0.2, 0) is 9.47 Å². The topological polar surface area (TPSA) is 50.8 Å². The van der Waals surface area contributed by atoms with Crippen LogP contribution in [0.5, 0.6) is 0 Å². The van der Waals surface area contributed by atoms with Crippen molar-refractivity contribution >= 4 is 22.2 Å². The van der Waals surface area contributed by atoms with E-state index in [2.05, 4.69) is 22.3 Å². The number of carbonyl (C=O) groups is 1. The first-order valence-corrected chi connectivity index (χ1v) is 10.4. The minimum absolute atomic E-state index is 0.0127. The summed E-state index contributed by atoms with van der Waals surface area (Å²) in [5.74, 6) is -0.0127. The molecule has 1 amide bonds. The molecule has 0 saturated carbocycles. The molecule has 0 atom stereocenters. The molecule has 2 heterocycles. The highest BCUT2D eigenvalue weighted by Crippen LogP contribution is 2.39. The lowest BCUT2D eigenvalue weighted by atomic mass is 10.1. The Labute approximate surface area is 165 Å². The van der Waals surface area contributed by atoms with Crippen LogP contribution in [0.25, 0.3) is 11.1 Å². The number of nitrogens with one attached hydrogen (secondary N) is 1. The number of morpholine rings is 1. The van der Waals surface area contributed by atoms with E-state index in [1.54, 1.807) is 11.3 Å². The van der Waals surface area contributed by atoms with Crippen molar-refractivity contribution in [3.8, 4) is 11.1 Å². The van der Waals surface area contributed by atoms with E-state index < -0.39 is 0 Å². The van der Waals surface area contributed by atoms with Crippen molar-refractivity contribution < 1.29 is 14.3 Å². The summed E-state index contributed by atoms with van der Waals surface area (Å²) in [6.07, 6.45) is 1.04. The molecule has 2 aromatic rings. The Balaban J connectivity index is 1.72. The van der Waals surface area contributed by atoms with Gasteiger partial charge in [0.1, 0.15) is 0 Å². The van der Waals surface area contributed by atoms with E-state index >= 15 is 0 Å². The van der Waals surface area contributed by atoms with Gasteiger partial charge in [-0.25, -0.2) is 0 Å². The van der Waals surface area contributed by atoms with Gasteiger partial charge in [-0.3, -0.25) is 4.79 Å². The van der Waals surface area contributed by atoms with E-state index in [0.29, 0.717) is 13.2 Å². The summed E-state index contributed by atoms with van der Waals surface area (Å²) in [4.78, 5) is 15.7. The predicted octanol–water partition coefficient (Wildman–Crippen LogP) is 3.80. The van der Waals surface area contributed by atoms with Gasteiger partial charge in [0.2, 0.25) is 0 Å². The number of benzene rings is 1. The van der Waals surface area contributed by atoms with Crippen LogP contribution in [0.15, 0.2) is 36.4 Å². The third kappa shape index (κ3) is 5.54. The SMILES string of the molecule is CC(C)OCCCNC(=O)c1cc(-c2ccccc2)c(N2CCOCC2)s1. The molecule has 0 radical (unpaired) electrons. The van der Waals surface area contributed by atoms with E-state index in [-0.39, 0.29) is 12.0 Å². The number of thiophene rings is 1. The Morgan fingerprint density at radius 2 is 2.00 bits per heavy atom. The van der Waals surface area contributed by atoms with Gasteiger partial charge in [0, 0.05) is 31.8 Å². The summed E-state index contributed by atoms with van der Waals surface area (Å²) in [6, 6.07) is 12.3. The van der Waals surface area contributed by atoms with Gasteiger partial charge in [0.15, 0.2) is 0 Å². The van der Waals surface area contributed by atoms with E-state index in [4.69, 9.17) is 9.47 Å². The van der Waals surface area contributed by atoms with Gasteiger partial charge in [0.25, 0.3) is 5.91 Å². The van der Waals surface area contributed by atoms with Crippen molar-refractivity contribution in [1.82, 2.24) is 5.32 Å². The lowest BCUT2D eigenvalue weighted by Crippen LogP contribution is -2.35. The Bertz CT molecular complexity index is 724. The highest BCUT2D eigenvalue weighted by Gasteiger charge is 2.21. The molecular formula is C21H28N2O3S. The number of ether oxygens (including phenoxy) is 2. The predicted molar refractivity (Wildman–Crippen MR) is 111 cm³/mol. The minimum Gasteiger partial charge on any atom is -0.379 e. The zero-order chi connectivity index (χ0) is 19.1. The largest absolute Gasteiger partial charge is 0.379 e. The Kier molecular flexibility index (Phi) is 7.26. The minimum atomic E-state index is -0.0127. The zero-order valence-corrected chi connectivity index (χ0v) is 16.9. The highest BCUT2D eigenvalue weighted by molar-refractivity contribution is 7.18. The maximum Gasteiger partial charge on any atom is 0.261 e. The third-order valence-electron chi connectivity index (χ3n) is 4.38. The molecule has 5 nitrogen and oxygen atoms in total. The molecule has 0 unspecified atom stereocenters. The Hall–Kier alpha value is -1.89. The smallest absolute Gasteiger partial charge is 0.261 e. The summed E-state index contributed by atoms with van der Waals surface area (Å²) in [7, 11) is 0. The summed E-state index contributed by atoms with van der Waals surface area (Å²) < 4.78 is 11.0. The van der Waals surface area contributed by atoms with Crippen LogP contribution < -0.4 is 10.2 Å². The summed E-state index contributed by atoms with van der Waals surface area (Å²) >= 11 is 1.56. The average Bonchev–Trinajstić information content (AvgIpc) is 3.14. The first-order valence-electron chi connectivity index (χ1n) is 9.57. The van der Waals surface area contributed by atoms with Crippen LogP contribution in [0.4, 0.5) is 5.00 Å².